The topological polar surface area (TPSA) is 54.3 Å². The van der Waals surface area contributed by atoms with Gasteiger partial charge in [-0.05, 0) is 31.2 Å². The Morgan fingerprint density at radius 1 is 1.12 bits per heavy atom. The lowest BCUT2D eigenvalue weighted by Gasteiger charge is -2.35. The Kier molecular flexibility index (Phi) is 3.45. The Morgan fingerprint density at radius 3 is 2.75 bits per heavy atom. The molecule has 6 heteroatoms. The number of carbonyl (C=O) groups is 1. The first-order valence-corrected chi connectivity index (χ1v) is 8.04. The number of aryl methyl sites for hydroxylation is 1. The van der Waals surface area contributed by atoms with Crippen LogP contribution in [0.15, 0.2) is 42.6 Å². The lowest BCUT2D eigenvalue weighted by Crippen LogP contribution is -2.44. The molecular weight excluding hydrogens is 302 g/mol. The predicted molar refractivity (Wildman–Crippen MR) is 94.3 cm³/mol. The molecule has 3 heterocycles. The number of hydrogen-bond acceptors (Lipinski definition) is 4. The van der Waals surface area contributed by atoms with E-state index >= 15 is 0 Å². The zero-order valence-corrected chi connectivity index (χ0v) is 13.8. The quantitative estimate of drug-likeness (QED) is 0.726. The summed E-state index contributed by atoms with van der Waals surface area (Å²) in [7, 11) is 2.05. The summed E-state index contributed by atoms with van der Waals surface area (Å²) >= 11 is 0. The fourth-order valence-electron chi connectivity index (χ4n) is 3.26. The largest absolute Gasteiger partial charge is 0.371 e. The van der Waals surface area contributed by atoms with Gasteiger partial charge in [0.25, 0.3) is 0 Å². The van der Waals surface area contributed by atoms with Crippen LogP contribution in [0.1, 0.15) is 5.69 Å². The van der Waals surface area contributed by atoms with Crippen molar-refractivity contribution < 1.29 is 4.79 Å². The van der Waals surface area contributed by atoms with E-state index in [1.165, 1.54) is 0 Å². The summed E-state index contributed by atoms with van der Waals surface area (Å²) < 4.78 is 1.70. The fourth-order valence-corrected chi connectivity index (χ4v) is 3.26. The Hall–Kier alpha value is -2.89. The normalized spacial score (nSPS) is 14.1. The van der Waals surface area contributed by atoms with Crippen molar-refractivity contribution in [2.24, 2.45) is 0 Å². The van der Waals surface area contributed by atoms with E-state index in [0.29, 0.717) is 6.54 Å². The molecule has 0 radical (unpaired) electrons. The summed E-state index contributed by atoms with van der Waals surface area (Å²) in [5.41, 5.74) is 3.68. The molecule has 2 aromatic heterocycles. The fraction of sp³-hybridized carbons (Fsp3) is 0.278. The number of anilines is 2. The molecule has 4 rings (SSSR count). The minimum absolute atomic E-state index is 0.0330. The molecule has 1 aromatic carbocycles. The highest BCUT2D eigenvalue weighted by molar-refractivity contribution is 5.98. The van der Waals surface area contributed by atoms with Crippen molar-refractivity contribution >= 4 is 28.3 Å². The Labute approximate surface area is 140 Å². The maximum Gasteiger partial charge on any atom is 0.248 e. The van der Waals surface area contributed by atoms with Gasteiger partial charge in [-0.15, -0.1) is 0 Å². The second-order valence-electron chi connectivity index (χ2n) is 6.07. The molecule has 0 spiro atoms. The third kappa shape index (κ3) is 2.31. The molecule has 0 atom stereocenters. The van der Waals surface area contributed by atoms with Crippen LogP contribution in [0, 0.1) is 6.92 Å². The van der Waals surface area contributed by atoms with Crippen LogP contribution in [0.4, 0.5) is 11.4 Å². The molecule has 0 bridgehead atoms. The van der Waals surface area contributed by atoms with E-state index in [2.05, 4.69) is 22.0 Å². The maximum atomic E-state index is 12.9. The van der Waals surface area contributed by atoms with E-state index in [1.807, 2.05) is 48.2 Å². The molecule has 1 aliphatic rings. The molecule has 1 aliphatic heterocycles. The van der Waals surface area contributed by atoms with E-state index in [1.54, 1.807) is 10.9 Å². The van der Waals surface area contributed by atoms with Gasteiger partial charge in [-0.1, -0.05) is 12.1 Å². The minimum Gasteiger partial charge on any atom is -0.371 e. The molecule has 0 aliphatic carbocycles. The summed E-state index contributed by atoms with van der Waals surface area (Å²) in [6, 6.07) is 11.9. The van der Waals surface area contributed by atoms with Crippen molar-refractivity contribution in [3.8, 4) is 0 Å². The molecule has 0 unspecified atom stereocenters. The van der Waals surface area contributed by atoms with Gasteiger partial charge in [0, 0.05) is 31.7 Å². The number of nitrogens with zero attached hydrogens (tertiary/aromatic N) is 5. The van der Waals surface area contributed by atoms with Crippen LogP contribution in [0.25, 0.3) is 11.0 Å². The number of rotatable bonds is 2. The van der Waals surface area contributed by atoms with E-state index < -0.39 is 0 Å². The monoisotopic (exact) mass is 321 g/mol. The van der Waals surface area contributed by atoms with Crippen molar-refractivity contribution in [2.75, 3.05) is 29.9 Å². The molecular formula is C18H19N5O. The number of pyridine rings is 1. The van der Waals surface area contributed by atoms with E-state index in [0.717, 1.165) is 34.6 Å². The van der Waals surface area contributed by atoms with Crippen LogP contribution in [-0.4, -0.2) is 40.8 Å². The second-order valence-corrected chi connectivity index (χ2v) is 6.07. The van der Waals surface area contributed by atoms with Gasteiger partial charge in [0.15, 0.2) is 5.65 Å². The van der Waals surface area contributed by atoms with Gasteiger partial charge in [0.2, 0.25) is 5.91 Å². The number of fused-ring (bicyclic) bond motifs is 2. The molecule has 6 nitrogen and oxygen atoms in total. The van der Waals surface area contributed by atoms with E-state index in [9.17, 15) is 4.79 Å². The zero-order valence-electron chi connectivity index (χ0n) is 13.8. The van der Waals surface area contributed by atoms with Gasteiger partial charge in [-0.2, -0.15) is 5.10 Å². The highest BCUT2D eigenvalue weighted by Crippen LogP contribution is 2.32. The maximum absolute atomic E-state index is 12.9. The van der Waals surface area contributed by atoms with Crippen molar-refractivity contribution in [3.05, 3.63) is 48.3 Å². The van der Waals surface area contributed by atoms with Crippen molar-refractivity contribution in [1.29, 1.82) is 0 Å². The highest BCUT2D eigenvalue weighted by Gasteiger charge is 2.25. The van der Waals surface area contributed by atoms with Gasteiger partial charge in [-0.25, -0.2) is 9.67 Å². The average molecular weight is 321 g/mol. The molecule has 0 N–H and O–H groups in total. The standard InChI is InChI=1S/C18H19N5O/c1-13-14-6-5-9-19-18(14)23(20-13)12-17(24)22-11-10-21(2)15-7-3-4-8-16(15)22/h3-9H,10-12H2,1-2H3. The van der Waals surface area contributed by atoms with Crippen LogP contribution in [0.2, 0.25) is 0 Å². The number of para-hydroxylation sites is 2. The highest BCUT2D eigenvalue weighted by atomic mass is 16.2. The van der Waals surface area contributed by atoms with Crippen LogP contribution >= 0.6 is 0 Å². The third-order valence-corrected chi connectivity index (χ3v) is 4.52. The second kappa shape index (κ2) is 5.63. The summed E-state index contributed by atoms with van der Waals surface area (Å²) in [5, 5.41) is 5.48. The summed E-state index contributed by atoms with van der Waals surface area (Å²) in [4.78, 5) is 21.3. The predicted octanol–water partition coefficient (Wildman–Crippen LogP) is 2.22. The SMILES string of the molecule is Cc1nn(CC(=O)N2CCN(C)c3ccccc32)c2ncccc12. The molecule has 3 aromatic rings. The summed E-state index contributed by atoms with van der Waals surface area (Å²) in [5.74, 6) is 0.0330. The van der Waals surface area contributed by atoms with Gasteiger partial charge in [0.1, 0.15) is 6.54 Å². The first-order chi connectivity index (χ1) is 11.6. The van der Waals surface area contributed by atoms with Gasteiger partial charge >= 0.3 is 0 Å². The van der Waals surface area contributed by atoms with E-state index in [4.69, 9.17) is 0 Å². The number of benzene rings is 1. The van der Waals surface area contributed by atoms with Gasteiger partial charge in [0.05, 0.1) is 17.1 Å². The molecule has 0 saturated carbocycles. The van der Waals surface area contributed by atoms with Crippen LogP contribution in [0.5, 0.6) is 0 Å². The molecule has 0 saturated heterocycles. The molecule has 122 valence electrons. The first-order valence-electron chi connectivity index (χ1n) is 8.04. The smallest absolute Gasteiger partial charge is 0.248 e. The van der Waals surface area contributed by atoms with Crippen LogP contribution < -0.4 is 9.80 Å². The van der Waals surface area contributed by atoms with Crippen LogP contribution in [0.3, 0.4) is 0 Å². The van der Waals surface area contributed by atoms with Crippen molar-refractivity contribution in [2.45, 2.75) is 13.5 Å². The van der Waals surface area contributed by atoms with Crippen molar-refractivity contribution in [3.63, 3.8) is 0 Å². The van der Waals surface area contributed by atoms with Crippen LogP contribution in [-0.2, 0) is 11.3 Å². The lowest BCUT2D eigenvalue weighted by atomic mass is 10.1. The van der Waals surface area contributed by atoms with Gasteiger partial charge < -0.3 is 9.80 Å². The summed E-state index contributed by atoms with van der Waals surface area (Å²) in [6.07, 6.45) is 1.73. The van der Waals surface area contributed by atoms with Crippen molar-refractivity contribution in [1.82, 2.24) is 14.8 Å². The zero-order chi connectivity index (χ0) is 16.7. The first kappa shape index (κ1) is 14.7. The Morgan fingerprint density at radius 2 is 1.92 bits per heavy atom. The lowest BCUT2D eigenvalue weighted by molar-refractivity contribution is -0.119. The number of likely N-dealkylation sites (N-methyl/N-ethyl adjacent to an activating group) is 1. The molecule has 24 heavy (non-hydrogen) atoms. The van der Waals surface area contributed by atoms with Gasteiger partial charge in [-0.3, -0.25) is 4.79 Å². The number of carbonyl (C=O) groups excluding carboxylic acids is 1. The average Bonchev–Trinajstić information content (AvgIpc) is 2.92. The molecule has 0 fully saturated rings. The minimum atomic E-state index is 0.0330. The van der Waals surface area contributed by atoms with E-state index in [-0.39, 0.29) is 12.5 Å². The summed E-state index contributed by atoms with van der Waals surface area (Å²) in [6.45, 7) is 3.63. The number of aromatic nitrogens is 3. The number of hydrogen-bond donors (Lipinski definition) is 0. The molecule has 1 amide bonds. The third-order valence-electron chi connectivity index (χ3n) is 4.52. The Bertz CT molecular complexity index is 917. The number of amides is 1. The Balaban J connectivity index is 1.66.